The van der Waals surface area contributed by atoms with E-state index in [1.54, 1.807) is 7.05 Å². The lowest BCUT2D eigenvalue weighted by Gasteiger charge is -2.57. The maximum atomic E-state index is 12.5. The molecule has 3 rings (SSSR count). The molecule has 7 heteroatoms. The van der Waals surface area contributed by atoms with Crippen LogP contribution in [-0.2, 0) is 21.8 Å². The van der Waals surface area contributed by atoms with E-state index in [1.807, 2.05) is 6.92 Å². The Bertz CT molecular complexity index is 620. The lowest BCUT2D eigenvalue weighted by atomic mass is 9.55. The molecular weight excluding hydrogens is 302 g/mol. The molecule has 0 bridgehead atoms. The van der Waals surface area contributed by atoms with Crippen LogP contribution >= 0.6 is 0 Å². The Hall–Kier alpha value is -0.920. The van der Waals surface area contributed by atoms with Gasteiger partial charge in [0.05, 0.1) is 12.3 Å². The molecule has 0 radical (unpaired) electrons. The second-order valence-electron chi connectivity index (χ2n) is 6.50. The van der Waals surface area contributed by atoms with Crippen molar-refractivity contribution in [3.8, 4) is 0 Å². The molecular formula is C15H25N3O3S. The molecule has 1 aromatic rings. The topological polar surface area (TPSA) is 73.2 Å². The highest BCUT2D eigenvalue weighted by molar-refractivity contribution is 7.89. The number of nitrogens with one attached hydrogen (secondary N) is 1. The molecule has 2 fully saturated rings. The summed E-state index contributed by atoms with van der Waals surface area (Å²) in [5.41, 5.74) is -0.0104. The van der Waals surface area contributed by atoms with Crippen molar-refractivity contribution in [2.24, 2.45) is 12.5 Å². The number of hydrogen-bond donors (Lipinski definition) is 1. The predicted molar refractivity (Wildman–Crippen MR) is 82.9 cm³/mol. The van der Waals surface area contributed by atoms with Gasteiger partial charge in [0.25, 0.3) is 0 Å². The van der Waals surface area contributed by atoms with Crippen molar-refractivity contribution >= 4 is 10.0 Å². The number of aromatic nitrogens is 2. The molecule has 0 amide bonds. The molecule has 2 aliphatic carbocycles. The van der Waals surface area contributed by atoms with Gasteiger partial charge >= 0.3 is 0 Å². The lowest BCUT2D eigenvalue weighted by molar-refractivity contribution is -0.144. The third-order valence-corrected chi connectivity index (χ3v) is 6.65. The lowest BCUT2D eigenvalue weighted by Crippen LogP contribution is -2.65. The van der Waals surface area contributed by atoms with Gasteiger partial charge in [-0.15, -0.1) is 0 Å². The smallest absolute Gasteiger partial charge is 0.243 e. The van der Waals surface area contributed by atoms with Crippen molar-refractivity contribution in [2.45, 2.75) is 62.5 Å². The zero-order chi connectivity index (χ0) is 15.8. The van der Waals surface area contributed by atoms with Crippen LogP contribution in [0.5, 0.6) is 0 Å². The van der Waals surface area contributed by atoms with Crippen LogP contribution < -0.4 is 4.72 Å². The first-order chi connectivity index (χ1) is 10.5. The van der Waals surface area contributed by atoms with Crippen LogP contribution in [0.3, 0.4) is 0 Å². The Labute approximate surface area is 132 Å². The fourth-order valence-corrected chi connectivity index (χ4v) is 5.34. The maximum absolute atomic E-state index is 12.5. The number of aryl methyl sites for hydroxylation is 1. The predicted octanol–water partition coefficient (Wildman–Crippen LogP) is 1.83. The molecule has 0 aliphatic heterocycles. The Balaban J connectivity index is 1.77. The average Bonchev–Trinajstić information content (AvgIpc) is 2.94. The SMILES string of the molecule is CCOC1CC(NS(=O)(=O)c2cnn(C)c2)C12CCCCC2. The largest absolute Gasteiger partial charge is 0.378 e. The van der Waals surface area contributed by atoms with Crippen LogP contribution in [0.4, 0.5) is 0 Å². The van der Waals surface area contributed by atoms with Gasteiger partial charge in [0.2, 0.25) is 10.0 Å². The minimum atomic E-state index is -3.50. The minimum Gasteiger partial charge on any atom is -0.378 e. The van der Waals surface area contributed by atoms with E-state index in [4.69, 9.17) is 4.74 Å². The highest BCUT2D eigenvalue weighted by Crippen LogP contribution is 2.53. The fraction of sp³-hybridized carbons (Fsp3) is 0.800. The fourth-order valence-electron chi connectivity index (χ4n) is 4.02. The van der Waals surface area contributed by atoms with E-state index < -0.39 is 10.0 Å². The van der Waals surface area contributed by atoms with Gasteiger partial charge in [-0.3, -0.25) is 4.68 Å². The van der Waals surface area contributed by atoms with Gasteiger partial charge in [0.1, 0.15) is 4.90 Å². The van der Waals surface area contributed by atoms with Crippen molar-refractivity contribution in [2.75, 3.05) is 6.61 Å². The van der Waals surface area contributed by atoms with Crippen molar-refractivity contribution in [1.29, 1.82) is 0 Å². The van der Waals surface area contributed by atoms with E-state index in [2.05, 4.69) is 9.82 Å². The molecule has 1 heterocycles. The summed E-state index contributed by atoms with van der Waals surface area (Å²) in [6, 6.07) is -0.0189. The van der Waals surface area contributed by atoms with E-state index >= 15 is 0 Å². The molecule has 1 spiro atoms. The summed E-state index contributed by atoms with van der Waals surface area (Å²) in [5.74, 6) is 0. The molecule has 2 unspecified atom stereocenters. The van der Waals surface area contributed by atoms with E-state index in [1.165, 1.54) is 23.5 Å². The van der Waals surface area contributed by atoms with Crippen LogP contribution in [0.15, 0.2) is 17.3 Å². The normalized spacial score (nSPS) is 27.7. The first-order valence-electron chi connectivity index (χ1n) is 8.10. The Morgan fingerprint density at radius 2 is 2.14 bits per heavy atom. The second kappa shape index (κ2) is 5.94. The number of ether oxygens (including phenoxy) is 1. The standard InChI is InChI=1S/C15H25N3O3S/c1-3-21-14-9-13(15(14)7-5-4-6-8-15)17-22(19,20)12-10-16-18(2)11-12/h10-11,13-14,17H,3-9H2,1-2H3. The van der Waals surface area contributed by atoms with Crippen LogP contribution in [0, 0.1) is 5.41 Å². The molecule has 22 heavy (non-hydrogen) atoms. The van der Waals surface area contributed by atoms with Crippen molar-refractivity contribution in [3.63, 3.8) is 0 Å². The summed E-state index contributed by atoms with van der Waals surface area (Å²) in [6.45, 7) is 2.69. The number of sulfonamides is 1. The monoisotopic (exact) mass is 327 g/mol. The molecule has 2 atom stereocenters. The quantitative estimate of drug-likeness (QED) is 0.895. The van der Waals surface area contributed by atoms with Crippen LogP contribution in [0.2, 0.25) is 0 Å². The molecule has 0 aromatic carbocycles. The van der Waals surface area contributed by atoms with Crippen LogP contribution in [-0.4, -0.2) is 37.0 Å². The molecule has 0 saturated heterocycles. The van der Waals surface area contributed by atoms with Crippen LogP contribution in [0.1, 0.15) is 45.4 Å². The third-order valence-electron chi connectivity index (χ3n) is 5.23. The second-order valence-corrected chi connectivity index (χ2v) is 8.21. The van der Waals surface area contributed by atoms with E-state index in [0.29, 0.717) is 6.61 Å². The number of nitrogens with zero attached hydrogens (tertiary/aromatic N) is 2. The van der Waals surface area contributed by atoms with Crippen molar-refractivity contribution < 1.29 is 13.2 Å². The van der Waals surface area contributed by atoms with Crippen molar-refractivity contribution in [3.05, 3.63) is 12.4 Å². The average molecular weight is 327 g/mol. The van der Waals surface area contributed by atoms with Gasteiger partial charge in [-0.25, -0.2) is 13.1 Å². The molecule has 2 saturated carbocycles. The van der Waals surface area contributed by atoms with Crippen LogP contribution in [0.25, 0.3) is 0 Å². The van der Waals surface area contributed by atoms with Gasteiger partial charge in [-0.1, -0.05) is 19.3 Å². The van der Waals surface area contributed by atoms with Gasteiger partial charge in [-0.2, -0.15) is 5.10 Å². The number of hydrogen-bond acceptors (Lipinski definition) is 4. The van der Waals surface area contributed by atoms with E-state index in [9.17, 15) is 8.42 Å². The zero-order valence-corrected chi connectivity index (χ0v) is 14.1. The molecule has 2 aliphatic rings. The molecule has 1 aromatic heterocycles. The third kappa shape index (κ3) is 2.70. The first-order valence-corrected chi connectivity index (χ1v) is 9.59. The van der Waals surface area contributed by atoms with Gasteiger partial charge in [0.15, 0.2) is 0 Å². The summed E-state index contributed by atoms with van der Waals surface area (Å²) in [4.78, 5) is 0.237. The summed E-state index contributed by atoms with van der Waals surface area (Å²) < 4.78 is 35.4. The van der Waals surface area contributed by atoms with Gasteiger partial charge in [-0.05, 0) is 26.2 Å². The minimum absolute atomic E-state index is 0.0104. The Morgan fingerprint density at radius 1 is 1.41 bits per heavy atom. The highest BCUT2D eigenvalue weighted by atomic mass is 32.2. The molecule has 1 N–H and O–H groups in total. The molecule has 124 valence electrons. The molecule has 6 nitrogen and oxygen atoms in total. The van der Waals surface area contributed by atoms with E-state index in [-0.39, 0.29) is 22.5 Å². The van der Waals surface area contributed by atoms with Gasteiger partial charge < -0.3 is 4.74 Å². The zero-order valence-electron chi connectivity index (χ0n) is 13.3. The maximum Gasteiger partial charge on any atom is 0.243 e. The Morgan fingerprint density at radius 3 is 2.73 bits per heavy atom. The Kier molecular flexibility index (Phi) is 4.31. The number of rotatable bonds is 5. The summed E-state index contributed by atoms with van der Waals surface area (Å²) in [6.07, 6.45) is 9.57. The van der Waals surface area contributed by atoms with E-state index in [0.717, 1.165) is 32.1 Å². The first kappa shape index (κ1) is 16.0. The summed E-state index contributed by atoms with van der Waals surface area (Å²) >= 11 is 0. The summed E-state index contributed by atoms with van der Waals surface area (Å²) in [5, 5.41) is 3.96. The summed E-state index contributed by atoms with van der Waals surface area (Å²) in [7, 11) is -1.78. The van der Waals surface area contributed by atoms with Crippen molar-refractivity contribution in [1.82, 2.24) is 14.5 Å². The highest BCUT2D eigenvalue weighted by Gasteiger charge is 2.56. The van der Waals surface area contributed by atoms with Gasteiger partial charge in [0, 0.05) is 31.3 Å².